The van der Waals surface area contributed by atoms with Crippen LogP contribution in [0.1, 0.15) is 23.5 Å². The number of ketones is 1. The fraction of sp³-hybridized carbons (Fsp3) is 0.235. The average Bonchev–Trinajstić information content (AvgIpc) is 2.87. The summed E-state index contributed by atoms with van der Waals surface area (Å²) in [7, 11) is 0. The van der Waals surface area contributed by atoms with Crippen molar-refractivity contribution in [2.45, 2.75) is 18.8 Å². The first-order valence-corrected chi connectivity index (χ1v) is 7.68. The van der Waals surface area contributed by atoms with Gasteiger partial charge in [-0.25, -0.2) is 0 Å². The normalized spacial score (nSPS) is 16.4. The van der Waals surface area contributed by atoms with Crippen LogP contribution >= 0.6 is 23.2 Å². The summed E-state index contributed by atoms with van der Waals surface area (Å²) >= 11 is 12.2. The lowest BCUT2D eigenvalue weighted by Crippen LogP contribution is -2.11. The molecule has 0 amide bonds. The molecule has 1 aliphatic heterocycles. The van der Waals surface area contributed by atoms with Crippen molar-refractivity contribution >= 4 is 34.7 Å². The van der Waals surface area contributed by atoms with Gasteiger partial charge in [0.15, 0.2) is 0 Å². The molecule has 0 saturated carbocycles. The fourth-order valence-corrected chi connectivity index (χ4v) is 3.32. The lowest BCUT2D eigenvalue weighted by Gasteiger charge is -2.10. The van der Waals surface area contributed by atoms with Gasteiger partial charge in [-0.05, 0) is 29.3 Å². The number of fused-ring (bicyclic) bond motifs is 1. The number of benzene rings is 2. The standard InChI is InChI=1S/C17H15Cl2NO/c18-15-5-3-6-16(19)14(15)9-12(21)8-11-10-20-17-7-2-1-4-13(11)17/h1-7,11,20H,8-10H2. The topological polar surface area (TPSA) is 29.1 Å². The number of hydrogen-bond acceptors (Lipinski definition) is 2. The maximum Gasteiger partial charge on any atom is 0.138 e. The van der Waals surface area contributed by atoms with Gasteiger partial charge in [-0.3, -0.25) is 4.79 Å². The summed E-state index contributed by atoms with van der Waals surface area (Å²) in [6, 6.07) is 13.5. The van der Waals surface area contributed by atoms with Crippen LogP contribution in [0.25, 0.3) is 0 Å². The number of Topliss-reactive ketones (excluding diaryl/α,β-unsaturated/α-hetero) is 1. The van der Waals surface area contributed by atoms with Crippen molar-refractivity contribution in [2.24, 2.45) is 0 Å². The molecule has 1 atom stereocenters. The van der Waals surface area contributed by atoms with Crippen LogP contribution in [-0.4, -0.2) is 12.3 Å². The van der Waals surface area contributed by atoms with E-state index >= 15 is 0 Å². The van der Waals surface area contributed by atoms with Gasteiger partial charge >= 0.3 is 0 Å². The number of halogens is 2. The van der Waals surface area contributed by atoms with Crippen LogP contribution in [-0.2, 0) is 11.2 Å². The van der Waals surface area contributed by atoms with Gasteiger partial charge in [0, 0.05) is 41.0 Å². The van der Waals surface area contributed by atoms with E-state index in [4.69, 9.17) is 23.2 Å². The zero-order valence-corrected chi connectivity index (χ0v) is 12.9. The second kappa shape index (κ2) is 6.08. The highest BCUT2D eigenvalue weighted by Crippen LogP contribution is 2.34. The summed E-state index contributed by atoms with van der Waals surface area (Å²) in [6.07, 6.45) is 0.794. The largest absolute Gasteiger partial charge is 0.384 e. The highest BCUT2D eigenvalue weighted by molar-refractivity contribution is 6.36. The Morgan fingerprint density at radius 3 is 2.57 bits per heavy atom. The fourth-order valence-electron chi connectivity index (χ4n) is 2.78. The summed E-state index contributed by atoms with van der Waals surface area (Å²) in [4.78, 5) is 12.3. The predicted octanol–water partition coefficient (Wildman–Crippen LogP) is 4.70. The molecule has 2 aromatic carbocycles. The van der Waals surface area contributed by atoms with Crippen molar-refractivity contribution in [1.29, 1.82) is 0 Å². The minimum absolute atomic E-state index is 0.161. The Labute approximate surface area is 134 Å². The van der Waals surface area contributed by atoms with Crippen molar-refractivity contribution in [3.05, 3.63) is 63.6 Å². The zero-order chi connectivity index (χ0) is 14.8. The number of anilines is 1. The molecule has 0 fully saturated rings. The monoisotopic (exact) mass is 319 g/mol. The highest BCUT2D eigenvalue weighted by Gasteiger charge is 2.24. The van der Waals surface area contributed by atoms with Gasteiger partial charge in [0.05, 0.1) is 0 Å². The minimum Gasteiger partial charge on any atom is -0.384 e. The van der Waals surface area contributed by atoms with Crippen molar-refractivity contribution in [1.82, 2.24) is 0 Å². The molecule has 1 N–H and O–H groups in total. The second-order valence-corrected chi connectivity index (χ2v) is 6.10. The molecule has 2 nitrogen and oxygen atoms in total. The third kappa shape index (κ3) is 3.07. The van der Waals surface area contributed by atoms with E-state index in [1.807, 2.05) is 18.2 Å². The lowest BCUT2D eigenvalue weighted by atomic mass is 9.93. The summed E-state index contributed by atoms with van der Waals surface area (Å²) in [5.74, 6) is 0.392. The van der Waals surface area contributed by atoms with Gasteiger partial charge in [0.2, 0.25) is 0 Å². The van der Waals surface area contributed by atoms with Crippen LogP contribution in [0.2, 0.25) is 10.0 Å². The van der Waals surface area contributed by atoms with Crippen LogP contribution < -0.4 is 5.32 Å². The Balaban J connectivity index is 1.71. The smallest absolute Gasteiger partial charge is 0.138 e. The van der Waals surface area contributed by atoms with Gasteiger partial charge < -0.3 is 5.32 Å². The zero-order valence-electron chi connectivity index (χ0n) is 11.4. The van der Waals surface area contributed by atoms with Gasteiger partial charge in [-0.15, -0.1) is 0 Å². The molecule has 0 radical (unpaired) electrons. The van der Waals surface area contributed by atoms with E-state index in [-0.39, 0.29) is 18.1 Å². The Hall–Kier alpha value is -1.51. The van der Waals surface area contributed by atoms with Crippen molar-refractivity contribution in [3.8, 4) is 0 Å². The third-order valence-electron chi connectivity index (χ3n) is 3.85. The summed E-state index contributed by atoms with van der Waals surface area (Å²) in [5.41, 5.74) is 3.08. The first-order chi connectivity index (χ1) is 10.1. The minimum atomic E-state index is 0.161. The molecule has 0 bridgehead atoms. The van der Waals surface area contributed by atoms with Crippen molar-refractivity contribution < 1.29 is 4.79 Å². The van der Waals surface area contributed by atoms with Crippen molar-refractivity contribution in [2.75, 3.05) is 11.9 Å². The average molecular weight is 320 g/mol. The van der Waals surface area contributed by atoms with E-state index < -0.39 is 0 Å². The Morgan fingerprint density at radius 2 is 1.81 bits per heavy atom. The molecule has 108 valence electrons. The third-order valence-corrected chi connectivity index (χ3v) is 4.56. The van der Waals surface area contributed by atoms with Crippen LogP contribution in [0.5, 0.6) is 0 Å². The Bertz CT molecular complexity index is 664. The number of para-hydroxylation sites is 1. The van der Waals surface area contributed by atoms with Gasteiger partial charge in [0.25, 0.3) is 0 Å². The van der Waals surface area contributed by atoms with E-state index in [9.17, 15) is 4.79 Å². The molecule has 0 saturated heterocycles. The number of rotatable bonds is 4. The van der Waals surface area contributed by atoms with Crippen LogP contribution in [0, 0.1) is 0 Å². The number of nitrogens with one attached hydrogen (secondary N) is 1. The molecule has 0 aliphatic carbocycles. The van der Waals surface area contributed by atoms with E-state index in [0.29, 0.717) is 16.5 Å². The van der Waals surface area contributed by atoms with E-state index in [1.54, 1.807) is 18.2 Å². The first kappa shape index (κ1) is 14.4. The molecular formula is C17H15Cl2NO. The molecule has 1 unspecified atom stereocenters. The van der Waals surface area contributed by atoms with Crippen molar-refractivity contribution in [3.63, 3.8) is 0 Å². The molecule has 0 aromatic heterocycles. The van der Waals surface area contributed by atoms with E-state index in [2.05, 4.69) is 11.4 Å². The van der Waals surface area contributed by atoms with Crippen LogP contribution in [0.15, 0.2) is 42.5 Å². The molecule has 21 heavy (non-hydrogen) atoms. The van der Waals surface area contributed by atoms with Gasteiger partial charge in [-0.1, -0.05) is 47.5 Å². The molecule has 0 spiro atoms. The van der Waals surface area contributed by atoms with Gasteiger partial charge in [-0.2, -0.15) is 0 Å². The molecule has 3 rings (SSSR count). The Morgan fingerprint density at radius 1 is 1.10 bits per heavy atom. The second-order valence-electron chi connectivity index (χ2n) is 5.28. The van der Waals surface area contributed by atoms with E-state index in [1.165, 1.54) is 5.56 Å². The number of carbonyl (C=O) groups is 1. The van der Waals surface area contributed by atoms with Crippen LogP contribution in [0.3, 0.4) is 0 Å². The molecule has 2 aromatic rings. The van der Waals surface area contributed by atoms with E-state index in [0.717, 1.165) is 17.8 Å². The number of carbonyl (C=O) groups excluding carboxylic acids is 1. The summed E-state index contributed by atoms with van der Waals surface area (Å²) < 4.78 is 0. The predicted molar refractivity (Wildman–Crippen MR) is 87.5 cm³/mol. The quantitative estimate of drug-likeness (QED) is 0.884. The van der Waals surface area contributed by atoms with Gasteiger partial charge in [0.1, 0.15) is 5.78 Å². The first-order valence-electron chi connectivity index (χ1n) is 6.92. The maximum atomic E-state index is 12.3. The molecular weight excluding hydrogens is 305 g/mol. The SMILES string of the molecule is O=C(Cc1c(Cl)cccc1Cl)CC1CNc2ccccc21. The summed E-state index contributed by atoms with van der Waals surface area (Å²) in [5, 5.41) is 4.45. The Kier molecular flexibility index (Phi) is 4.18. The highest BCUT2D eigenvalue weighted by atomic mass is 35.5. The molecule has 1 heterocycles. The summed E-state index contributed by atoms with van der Waals surface area (Å²) in [6.45, 7) is 0.807. The molecule has 1 aliphatic rings. The molecule has 4 heteroatoms. The number of hydrogen-bond donors (Lipinski definition) is 1. The lowest BCUT2D eigenvalue weighted by molar-refractivity contribution is -0.118. The maximum absolute atomic E-state index is 12.3. The van der Waals surface area contributed by atoms with Crippen LogP contribution in [0.4, 0.5) is 5.69 Å².